The lowest BCUT2D eigenvalue weighted by atomic mass is 10.1. The van der Waals surface area contributed by atoms with Gasteiger partial charge < -0.3 is 10.1 Å². The van der Waals surface area contributed by atoms with Gasteiger partial charge in [0.1, 0.15) is 0 Å². The Balaban J connectivity index is 2.37. The van der Waals surface area contributed by atoms with E-state index < -0.39 is 0 Å². The number of aryl methyl sites for hydroxylation is 1. The van der Waals surface area contributed by atoms with Crippen LogP contribution in [0.3, 0.4) is 0 Å². The Labute approximate surface area is 96.4 Å². The lowest BCUT2D eigenvalue weighted by Crippen LogP contribution is -2.32. The summed E-state index contributed by atoms with van der Waals surface area (Å²) >= 11 is 0. The number of tetrazole rings is 1. The fourth-order valence-electron chi connectivity index (χ4n) is 1.56. The molecular weight excluding hydrogens is 206 g/mol. The lowest BCUT2D eigenvalue weighted by molar-refractivity contribution is 0.136. The van der Waals surface area contributed by atoms with Gasteiger partial charge in [0, 0.05) is 25.7 Å². The molecule has 1 aromatic heterocycles. The maximum Gasteiger partial charge on any atom is 0.176 e. The first kappa shape index (κ1) is 13.1. The van der Waals surface area contributed by atoms with Crippen molar-refractivity contribution in [3.8, 4) is 0 Å². The van der Waals surface area contributed by atoms with Crippen molar-refractivity contribution in [1.82, 2.24) is 25.5 Å². The molecule has 1 unspecified atom stereocenters. The first-order valence-electron chi connectivity index (χ1n) is 5.80. The highest BCUT2D eigenvalue weighted by Crippen LogP contribution is 2.00. The van der Waals surface area contributed by atoms with Crippen molar-refractivity contribution in [3.63, 3.8) is 0 Å². The molecule has 0 bridgehead atoms. The van der Waals surface area contributed by atoms with E-state index in [-0.39, 0.29) is 0 Å². The van der Waals surface area contributed by atoms with Gasteiger partial charge in [0.25, 0.3) is 0 Å². The summed E-state index contributed by atoms with van der Waals surface area (Å²) in [6, 6.07) is 0.362. The van der Waals surface area contributed by atoms with E-state index in [2.05, 4.69) is 27.7 Å². The van der Waals surface area contributed by atoms with Crippen LogP contribution >= 0.6 is 0 Å². The maximum absolute atomic E-state index is 5.35. The number of ether oxygens (including phenoxy) is 1. The van der Waals surface area contributed by atoms with Gasteiger partial charge in [-0.2, -0.15) is 4.80 Å². The minimum Gasteiger partial charge on any atom is -0.382 e. The van der Waals surface area contributed by atoms with Gasteiger partial charge in [-0.25, -0.2) is 0 Å². The zero-order chi connectivity index (χ0) is 11.8. The minimum absolute atomic E-state index is 0.362. The van der Waals surface area contributed by atoms with Crippen LogP contribution in [0.15, 0.2) is 0 Å². The highest BCUT2D eigenvalue weighted by Gasteiger charge is 2.11. The molecule has 92 valence electrons. The molecule has 0 fully saturated rings. The molecule has 0 amide bonds. The van der Waals surface area contributed by atoms with Crippen LogP contribution in [0.5, 0.6) is 0 Å². The molecule has 0 aliphatic carbocycles. The summed E-state index contributed by atoms with van der Waals surface area (Å²) < 4.78 is 5.35. The van der Waals surface area contributed by atoms with E-state index in [4.69, 9.17) is 4.74 Å². The molecule has 0 aliphatic heterocycles. The highest BCUT2D eigenvalue weighted by molar-refractivity contribution is 4.84. The van der Waals surface area contributed by atoms with E-state index in [9.17, 15) is 0 Å². The lowest BCUT2D eigenvalue weighted by Gasteiger charge is -2.15. The zero-order valence-electron chi connectivity index (χ0n) is 10.3. The van der Waals surface area contributed by atoms with E-state index in [1.807, 2.05) is 6.92 Å². The van der Waals surface area contributed by atoms with Crippen molar-refractivity contribution >= 4 is 0 Å². The molecule has 1 rings (SSSR count). The topological polar surface area (TPSA) is 64.9 Å². The molecule has 0 radical (unpaired) electrons. The quantitative estimate of drug-likeness (QED) is 0.641. The number of rotatable bonds is 8. The predicted molar refractivity (Wildman–Crippen MR) is 61.1 cm³/mol. The summed E-state index contributed by atoms with van der Waals surface area (Å²) in [5.74, 6) is 0.782. The largest absolute Gasteiger partial charge is 0.382 e. The highest BCUT2D eigenvalue weighted by atomic mass is 16.5. The van der Waals surface area contributed by atoms with Crippen LogP contribution in [-0.4, -0.2) is 46.0 Å². The zero-order valence-corrected chi connectivity index (χ0v) is 10.3. The summed E-state index contributed by atoms with van der Waals surface area (Å²) in [6.07, 6.45) is 1.77. The average Bonchev–Trinajstić information content (AvgIpc) is 2.65. The van der Waals surface area contributed by atoms with Gasteiger partial charge >= 0.3 is 0 Å². The Morgan fingerprint density at radius 3 is 2.81 bits per heavy atom. The van der Waals surface area contributed by atoms with E-state index in [0.29, 0.717) is 6.04 Å². The summed E-state index contributed by atoms with van der Waals surface area (Å²) in [4.78, 5) is 1.49. The van der Waals surface area contributed by atoms with Crippen molar-refractivity contribution in [1.29, 1.82) is 0 Å². The van der Waals surface area contributed by atoms with Crippen LogP contribution in [-0.2, 0) is 18.2 Å². The second-order valence-electron chi connectivity index (χ2n) is 3.64. The van der Waals surface area contributed by atoms with Crippen LogP contribution in [0.2, 0.25) is 0 Å². The second-order valence-corrected chi connectivity index (χ2v) is 3.64. The van der Waals surface area contributed by atoms with Gasteiger partial charge in [-0.3, -0.25) is 0 Å². The fraction of sp³-hybridized carbons (Fsp3) is 0.900. The number of aromatic nitrogens is 4. The van der Waals surface area contributed by atoms with Crippen LogP contribution in [0.25, 0.3) is 0 Å². The second kappa shape index (κ2) is 7.29. The molecule has 0 spiro atoms. The SMILES string of the molecule is CCNC(CCOCC)Cc1nnn(C)n1. The Morgan fingerprint density at radius 1 is 1.44 bits per heavy atom. The Bertz CT molecular complexity index is 288. The number of hydrogen-bond donors (Lipinski definition) is 1. The molecule has 0 aromatic carbocycles. The van der Waals surface area contributed by atoms with Crippen LogP contribution < -0.4 is 5.32 Å². The van der Waals surface area contributed by atoms with Crippen LogP contribution in [0.4, 0.5) is 0 Å². The molecular formula is C10H21N5O. The van der Waals surface area contributed by atoms with E-state index >= 15 is 0 Å². The molecule has 0 aliphatic rings. The summed E-state index contributed by atoms with van der Waals surface area (Å²) in [7, 11) is 1.78. The molecule has 1 N–H and O–H groups in total. The van der Waals surface area contributed by atoms with Crippen molar-refractivity contribution in [2.75, 3.05) is 19.8 Å². The Kier molecular flexibility index (Phi) is 5.95. The number of nitrogens with one attached hydrogen (secondary N) is 1. The average molecular weight is 227 g/mol. The normalized spacial score (nSPS) is 12.9. The molecule has 1 heterocycles. The first-order chi connectivity index (χ1) is 7.76. The molecule has 6 heteroatoms. The molecule has 6 nitrogen and oxygen atoms in total. The van der Waals surface area contributed by atoms with Crippen LogP contribution in [0, 0.1) is 0 Å². The maximum atomic E-state index is 5.35. The van der Waals surface area contributed by atoms with Crippen molar-refractivity contribution < 1.29 is 4.74 Å². The predicted octanol–water partition coefficient (Wildman–Crippen LogP) is 0.157. The third-order valence-electron chi connectivity index (χ3n) is 2.29. The van der Waals surface area contributed by atoms with Gasteiger partial charge in [0.15, 0.2) is 5.82 Å². The molecule has 1 atom stereocenters. The third kappa shape index (κ3) is 4.67. The molecule has 16 heavy (non-hydrogen) atoms. The number of likely N-dealkylation sites (N-methyl/N-ethyl adjacent to an activating group) is 1. The minimum atomic E-state index is 0.362. The standard InChI is InChI=1S/C10H21N5O/c1-4-11-9(6-7-16-5-2)8-10-12-14-15(3)13-10/h9,11H,4-8H2,1-3H3. The van der Waals surface area contributed by atoms with E-state index in [0.717, 1.165) is 38.4 Å². The Hall–Kier alpha value is -1.01. The summed E-state index contributed by atoms with van der Waals surface area (Å²) in [6.45, 7) is 6.58. The van der Waals surface area contributed by atoms with E-state index in [1.54, 1.807) is 7.05 Å². The van der Waals surface area contributed by atoms with Gasteiger partial charge in [-0.15, -0.1) is 10.2 Å². The van der Waals surface area contributed by atoms with Crippen molar-refractivity contribution in [2.45, 2.75) is 32.7 Å². The molecule has 1 aromatic rings. The Morgan fingerprint density at radius 2 is 2.25 bits per heavy atom. The molecule has 0 saturated carbocycles. The smallest absolute Gasteiger partial charge is 0.176 e. The number of nitrogens with zero attached hydrogens (tertiary/aromatic N) is 4. The van der Waals surface area contributed by atoms with Crippen LogP contribution in [0.1, 0.15) is 26.1 Å². The van der Waals surface area contributed by atoms with E-state index in [1.165, 1.54) is 4.80 Å². The summed E-state index contributed by atoms with van der Waals surface area (Å²) in [5.41, 5.74) is 0. The first-order valence-corrected chi connectivity index (χ1v) is 5.80. The van der Waals surface area contributed by atoms with Crippen molar-refractivity contribution in [3.05, 3.63) is 5.82 Å². The molecule has 0 saturated heterocycles. The van der Waals surface area contributed by atoms with Gasteiger partial charge in [-0.05, 0) is 25.1 Å². The summed E-state index contributed by atoms with van der Waals surface area (Å²) in [5, 5.41) is 15.4. The van der Waals surface area contributed by atoms with Gasteiger partial charge in [0.05, 0.1) is 7.05 Å². The monoisotopic (exact) mass is 227 g/mol. The van der Waals surface area contributed by atoms with Gasteiger partial charge in [-0.1, -0.05) is 6.92 Å². The van der Waals surface area contributed by atoms with Gasteiger partial charge in [0.2, 0.25) is 0 Å². The fourth-order valence-corrected chi connectivity index (χ4v) is 1.56. The third-order valence-corrected chi connectivity index (χ3v) is 2.29. The number of hydrogen-bond acceptors (Lipinski definition) is 5. The van der Waals surface area contributed by atoms with Crippen molar-refractivity contribution in [2.24, 2.45) is 7.05 Å².